The number of aliphatic carboxylic acids is 1. The predicted molar refractivity (Wildman–Crippen MR) is 141 cm³/mol. The Morgan fingerprint density at radius 1 is 0.825 bits per heavy atom. The number of carboxylic acid groups (broad SMARTS) is 1. The van der Waals surface area contributed by atoms with Gasteiger partial charge in [0, 0.05) is 5.56 Å². The molecular weight excluding hydrogens is 550 g/mol. The van der Waals surface area contributed by atoms with Crippen molar-refractivity contribution in [3.8, 4) is 0 Å². The maximum absolute atomic E-state index is 12.4. The summed E-state index contributed by atoms with van der Waals surface area (Å²) in [4.78, 5) is 82.0. The van der Waals surface area contributed by atoms with Crippen molar-refractivity contribution >= 4 is 52.5 Å². The van der Waals surface area contributed by atoms with Crippen LogP contribution >= 0.6 is 11.8 Å². The summed E-state index contributed by atoms with van der Waals surface area (Å²) in [5.41, 5.74) is -0.293. The van der Waals surface area contributed by atoms with E-state index >= 15 is 0 Å². The van der Waals surface area contributed by atoms with Gasteiger partial charge in [-0.1, -0.05) is 23.9 Å². The SMILES string of the molecule is CC(C)(C)OC(=O)c1cccc(C(=O)SCC(=O)NCC(=O)NCC(=O)NCC(=O)OCCOCCC(=O)O)c1. The highest BCUT2D eigenvalue weighted by atomic mass is 32.2. The van der Waals surface area contributed by atoms with Gasteiger partial charge < -0.3 is 35.3 Å². The normalized spacial score (nSPS) is 10.7. The van der Waals surface area contributed by atoms with Crippen molar-refractivity contribution in [3.63, 3.8) is 0 Å². The van der Waals surface area contributed by atoms with Crippen molar-refractivity contribution in [2.75, 3.05) is 45.2 Å². The molecule has 1 rings (SSSR count). The number of thioether (sulfide) groups is 1. The van der Waals surface area contributed by atoms with E-state index in [1.807, 2.05) is 0 Å². The molecule has 0 bridgehead atoms. The standard InChI is InChI=1S/C25H33N3O11S/c1-25(2,3)39-23(35)16-5-4-6-17(11-16)24(36)40-15-20(31)27-13-18(29)26-12-19(30)28-14-22(34)38-10-9-37-8-7-21(32)33/h4-6,11H,7-10,12-15H2,1-3H3,(H,26,29)(H,27,31)(H,28,30)(H,32,33). The molecule has 1 aromatic carbocycles. The second-order valence-electron chi connectivity index (χ2n) is 8.97. The lowest BCUT2D eigenvalue weighted by Gasteiger charge is -2.19. The largest absolute Gasteiger partial charge is 0.481 e. The van der Waals surface area contributed by atoms with Gasteiger partial charge in [-0.3, -0.25) is 28.8 Å². The molecule has 0 saturated carbocycles. The van der Waals surface area contributed by atoms with Crippen LogP contribution in [0.2, 0.25) is 0 Å². The fraction of sp³-hybridized carbons (Fsp3) is 0.480. The van der Waals surface area contributed by atoms with Gasteiger partial charge in [-0.25, -0.2) is 4.79 Å². The fourth-order valence-corrected chi connectivity index (χ4v) is 3.21. The van der Waals surface area contributed by atoms with Crippen molar-refractivity contribution < 1.29 is 52.9 Å². The van der Waals surface area contributed by atoms with Gasteiger partial charge in [-0.05, 0) is 32.9 Å². The number of hydrogen-bond donors (Lipinski definition) is 4. The lowest BCUT2D eigenvalue weighted by atomic mass is 10.1. The molecule has 0 aliphatic rings. The number of esters is 2. The van der Waals surface area contributed by atoms with Gasteiger partial charge >= 0.3 is 17.9 Å². The van der Waals surface area contributed by atoms with Crippen molar-refractivity contribution in [1.82, 2.24) is 16.0 Å². The molecule has 40 heavy (non-hydrogen) atoms. The molecule has 0 fully saturated rings. The first kappa shape index (κ1) is 34.0. The summed E-state index contributed by atoms with van der Waals surface area (Å²) in [6.07, 6.45) is -0.175. The number of benzene rings is 1. The number of carbonyl (C=O) groups excluding carboxylic acids is 6. The topological polar surface area (TPSA) is 203 Å². The molecule has 0 aromatic heterocycles. The Hall–Kier alpha value is -3.98. The minimum atomic E-state index is -1.01. The average molecular weight is 584 g/mol. The number of ether oxygens (including phenoxy) is 3. The molecule has 0 radical (unpaired) electrons. The predicted octanol–water partition coefficient (Wildman–Crippen LogP) is -0.102. The highest BCUT2D eigenvalue weighted by Crippen LogP contribution is 2.17. The Morgan fingerprint density at radius 2 is 1.43 bits per heavy atom. The van der Waals surface area contributed by atoms with Gasteiger partial charge in [0.05, 0.1) is 44.0 Å². The minimum Gasteiger partial charge on any atom is -0.481 e. The van der Waals surface area contributed by atoms with E-state index in [-0.39, 0.29) is 43.1 Å². The van der Waals surface area contributed by atoms with Crippen molar-refractivity contribution in [2.45, 2.75) is 32.8 Å². The number of rotatable bonds is 16. The summed E-state index contributed by atoms with van der Waals surface area (Å²) in [6, 6.07) is 5.91. The van der Waals surface area contributed by atoms with Crippen LogP contribution < -0.4 is 16.0 Å². The van der Waals surface area contributed by atoms with Crippen LogP contribution in [-0.2, 0) is 38.2 Å². The highest BCUT2D eigenvalue weighted by molar-refractivity contribution is 8.14. The van der Waals surface area contributed by atoms with Crippen molar-refractivity contribution in [2.24, 2.45) is 0 Å². The monoisotopic (exact) mass is 583 g/mol. The maximum Gasteiger partial charge on any atom is 0.338 e. The minimum absolute atomic E-state index is 0.00268. The molecule has 1 aromatic rings. The molecule has 14 nitrogen and oxygen atoms in total. The maximum atomic E-state index is 12.4. The van der Waals surface area contributed by atoms with Gasteiger partial charge in [-0.2, -0.15) is 0 Å². The van der Waals surface area contributed by atoms with E-state index in [1.54, 1.807) is 20.8 Å². The van der Waals surface area contributed by atoms with E-state index in [1.165, 1.54) is 24.3 Å². The number of carboxylic acids is 1. The molecule has 0 heterocycles. The first-order valence-corrected chi connectivity index (χ1v) is 13.0. The highest BCUT2D eigenvalue weighted by Gasteiger charge is 2.19. The number of hydrogen-bond acceptors (Lipinski definition) is 11. The van der Waals surface area contributed by atoms with Crippen LogP contribution in [0.25, 0.3) is 0 Å². The molecule has 0 aliphatic carbocycles. The van der Waals surface area contributed by atoms with Gasteiger partial charge in [0.1, 0.15) is 18.8 Å². The first-order valence-electron chi connectivity index (χ1n) is 12.0. The Balaban J connectivity index is 2.24. The molecule has 0 saturated heterocycles. The van der Waals surface area contributed by atoms with Crippen LogP contribution in [-0.4, -0.2) is 96.7 Å². The Kier molecular flexibility index (Phi) is 15.0. The molecule has 15 heteroatoms. The van der Waals surface area contributed by atoms with E-state index in [9.17, 15) is 33.6 Å². The van der Waals surface area contributed by atoms with E-state index < -0.39 is 66.0 Å². The van der Waals surface area contributed by atoms with E-state index in [0.717, 1.165) is 0 Å². The number of nitrogens with one attached hydrogen (secondary N) is 3. The van der Waals surface area contributed by atoms with Gasteiger partial charge in [0.15, 0.2) is 0 Å². The molecule has 220 valence electrons. The zero-order valence-corrected chi connectivity index (χ0v) is 23.2. The molecule has 0 atom stereocenters. The molecule has 0 aliphatic heterocycles. The summed E-state index contributed by atoms with van der Waals surface area (Å²) >= 11 is 0.687. The van der Waals surface area contributed by atoms with E-state index in [2.05, 4.69) is 16.0 Å². The third-order valence-corrected chi connectivity index (χ3v) is 5.24. The number of amides is 3. The lowest BCUT2D eigenvalue weighted by molar-refractivity contribution is -0.146. The fourth-order valence-electron chi connectivity index (χ4n) is 2.56. The quantitative estimate of drug-likeness (QED) is 0.149. The molecule has 4 N–H and O–H groups in total. The third kappa shape index (κ3) is 16.1. The van der Waals surface area contributed by atoms with Crippen molar-refractivity contribution in [3.05, 3.63) is 35.4 Å². The molecule has 3 amide bonds. The summed E-state index contributed by atoms with van der Waals surface area (Å²) in [7, 11) is 0. The number of carbonyl (C=O) groups is 7. The summed E-state index contributed by atoms with van der Waals surface area (Å²) < 4.78 is 15.0. The first-order chi connectivity index (χ1) is 18.8. The van der Waals surface area contributed by atoms with Crippen LogP contribution in [0.5, 0.6) is 0 Å². The molecular formula is C25H33N3O11S. The lowest BCUT2D eigenvalue weighted by Crippen LogP contribution is -2.43. The Labute approximate surface area is 234 Å². The van der Waals surface area contributed by atoms with E-state index in [4.69, 9.17) is 19.3 Å². The second kappa shape index (κ2) is 17.6. The van der Waals surface area contributed by atoms with Gasteiger partial charge in [0.2, 0.25) is 22.8 Å². The van der Waals surface area contributed by atoms with Crippen LogP contribution in [0, 0.1) is 0 Å². The van der Waals surface area contributed by atoms with E-state index in [0.29, 0.717) is 11.8 Å². The smallest absolute Gasteiger partial charge is 0.338 e. The zero-order valence-electron chi connectivity index (χ0n) is 22.4. The Morgan fingerprint density at radius 3 is 2.05 bits per heavy atom. The van der Waals surface area contributed by atoms with Gasteiger partial charge in [-0.15, -0.1) is 0 Å². The summed E-state index contributed by atoms with van der Waals surface area (Å²) in [5, 5.41) is 14.8. The van der Waals surface area contributed by atoms with Crippen LogP contribution in [0.1, 0.15) is 47.9 Å². The van der Waals surface area contributed by atoms with Crippen LogP contribution in [0.3, 0.4) is 0 Å². The second-order valence-corrected chi connectivity index (χ2v) is 9.91. The zero-order chi connectivity index (χ0) is 30.1. The van der Waals surface area contributed by atoms with Crippen molar-refractivity contribution in [1.29, 1.82) is 0 Å². The average Bonchev–Trinajstić information content (AvgIpc) is 2.88. The molecule has 0 unspecified atom stereocenters. The third-order valence-electron chi connectivity index (χ3n) is 4.34. The Bertz CT molecular complexity index is 1090. The van der Waals surface area contributed by atoms with Crippen LogP contribution in [0.15, 0.2) is 24.3 Å². The van der Waals surface area contributed by atoms with Gasteiger partial charge in [0.25, 0.3) is 0 Å². The molecule has 0 spiro atoms. The summed E-state index contributed by atoms with van der Waals surface area (Å²) in [6.45, 7) is 3.67. The summed E-state index contributed by atoms with van der Waals surface area (Å²) in [5.74, 6) is -4.58. The van der Waals surface area contributed by atoms with Crippen LogP contribution in [0.4, 0.5) is 0 Å².